The summed E-state index contributed by atoms with van der Waals surface area (Å²) in [6.45, 7) is 2.74. The molecule has 0 heterocycles. The zero-order chi connectivity index (χ0) is 21.5. The average Bonchev–Trinajstić information content (AvgIpc) is 2.60. The van der Waals surface area contributed by atoms with Gasteiger partial charge < -0.3 is 5.73 Å². The molecule has 0 amide bonds. The Morgan fingerprint density at radius 1 is 0.929 bits per heavy atom. The summed E-state index contributed by atoms with van der Waals surface area (Å²) in [5.74, 6) is -5.77. The summed E-state index contributed by atoms with van der Waals surface area (Å²) in [7, 11) is 0. The number of nitrogens with zero attached hydrogens (tertiary/aromatic N) is 3. The first kappa shape index (κ1) is 24.4. The molecule has 28 heavy (non-hydrogen) atoms. The Hall–Kier alpha value is -1.67. The number of alkyl halides is 4. The van der Waals surface area contributed by atoms with Gasteiger partial charge in [-0.25, -0.2) is 17.6 Å². The molecule has 0 bridgehead atoms. The molecule has 2 aliphatic carbocycles. The lowest BCUT2D eigenvalue weighted by Gasteiger charge is -2.30. The van der Waals surface area contributed by atoms with Crippen molar-refractivity contribution >= 4 is 11.6 Å². The van der Waals surface area contributed by atoms with Gasteiger partial charge >= 0.3 is 0 Å². The fourth-order valence-electron chi connectivity index (χ4n) is 3.69. The van der Waals surface area contributed by atoms with Crippen molar-refractivity contribution < 1.29 is 27.2 Å². The molecule has 0 unspecified atom stereocenters. The van der Waals surface area contributed by atoms with Crippen LogP contribution in [0.5, 0.6) is 0 Å². The lowest BCUT2D eigenvalue weighted by atomic mass is 9.81. The molecule has 0 aromatic heterocycles. The topological polar surface area (TPSA) is 109 Å². The van der Waals surface area contributed by atoms with Crippen LogP contribution in [0.4, 0.5) is 17.6 Å². The zero-order valence-electron chi connectivity index (χ0n) is 16.2. The highest BCUT2D eigenvalue weighted by atomic mass is 19.3. The van der Waals surface area contributed by atoms with E-state index in [1.807, 2.05) is 0 Å². The number of Topliss-reactive ketones (excluding diaryl/α,β-unsaturated/α-hetero) is 2. The summed E-state index contributed by atoms with van der Waals surface area (Å²) >= 11 is 0. The molecule has 0 aromatic rings. The van der Waals surface area contributed by atoms with Crippen molar-refractivity contribution in [2.75, 3.05) is 0 Å². The summed E-state index contributed by atoms with van der Waals surface area (Å²) in [6, 6.07) is -1.32. The normalized spacial score (nSPS) is 24.1. The number of azide groups is 1. The highest BCUT2D eigenvalue weighted by Gasteiger charge is 2.39. The van der Waals surface area contributed by atoms with E-state index < -0.39 is 23.9 Å². The van der Waals surface area contributed by atoms with Crippen LogP contribution in [-0.4, -0.2) is 35.5 Å². The molecule has 0 saturated heterocycles. The van der Waals surface area contributed by atoms with Crippen LogP contribution in [0.3, 0.4) is 0 Å². The van der Waals surface area contributed by atoms with Gasteiger partial charge in [0.2, 0.25) is 11.8 Å². The smallest absolute Gasteiger partial charge is 0.248 e. The van der Waals surface area contributed by atoms with Gasteiger partial charge in [-0.1, -0.05) is 5.11 Å². The summed E-state index contributed by atoms with van der Waals surface area (Å²) in [5, 5.41) is 3.38. The number of rotatable bonds is 5. The average molecular weight is 408 g/mol. The van der Waals surface area contributed by atoms with E-state index in [0.717, 1.165) is 0 Å². The number of nitrogens with two attached hydrogens (primary N) is 1. The SMILES string of the molecule is CC(=O)[C@@H](N)C1CCC(F)(F)CC1.CC(=O)[C@@H](N=[N+]=[N-])C1CCC(F)(F)CC1. The van der Waals surface area contributed by atoms with Crippen LogP contribution in [-0.2, 0) is 9.59 Å². The first-order valence-electron chi connectivity index (χ1n) is 9.45. The molecule has 2 saturated carbocycles. The molecule has 2 rings (SSSR count). The van der Waals surface area contributed by atoms with Gasteiger partial charge in [-0.3, -0.25) is 9.59 Å². The first-order chi connectivity index (χ1) is 12.9. The Labute approximate surface area is 161 Å². The monoisotopic (exact) mass is 408 g/mol. The van der Waals surface area contributed by atoms with Gasteiger partial charge in [0.15, 0.2) is 0 Å². The maximum Gasteiger partial charge on any atom is 0.248 e. The van der Waals surface area contributed by atoms with Crippen LogP contribution in [0.15, 0.2) is 5.11 Å². The highest BCUT2D eigenvalue weighted by Crippen LogP contribution is 2.38. The predicted octanol–water partition coefficient (Wildman–Crippen LogP) is 4.81. The molecule has 0 aliphatic heterocycles. The van der Waals surface area contributed by atoms with Crippen LogP contribution in [0, 0.1) is 11.8 Å². The number of carbonyl (C=O) groups excluding carboxylic acids is 2. The highest BCUT2D eigenvalue weighted by molar-refractivity contribution is 5.82. The summed E-state index contributed by atoms with van der Waals surface area (Å²) in [4.78, 5) is 24.6. The van der Waals surface area contributed by atoms with Crippen LogP contribution in [0.25, 0.3) is 10.4 Å². The minimum absolute atomic E-state index is 0.0443. The Morgan fingerprint density at radius 2 is 1.32 bits per heavy atom. The third-order valence-electron chi connectivity index (χ3n) is 5.54. The molecular formula is C18H28F4N4O2. The number of hydrogen-bond acceptors (Lipinski definition) is 4. The molecular weight excluding hydrogens is 380 g/mol. The van der Waals surface area contributed by atoms with Crippen LogP contribution >= 0.6 is 0 Å². The Morgan fingerprint density at radius 3 is 1.64 bits per heavy atom. The maximum absolute atomic E-state index is 12.8. The summed E-state index contributed by atoms with van der Waals surface area (Å²) in [5.41, 5.74) is 13.9. The Bertz CT molecular complexity index is 586. The largest absolute Gasteiger partial charge is 0.321 e. The van der Waals surface area contributed by atoms with Crippen molar-refractivity contribution in [2.24, 2.45) is 22.7 Å². The fourth-order valence-corrected chi connectivity index (χ4v) is 3.69. The molecule has 6 nitrogen and oxygen atoms in total. The molecule has 0 spiro atoms. The third-order valence-corrected chi connectivity index (χ3v) is 5.54. The van der Waals surface area contributed by atoms with Crippen molar-refractivity contribution in [3.8, 4) is 0 Å². The van der Waals surface area contributed by atoms with Gasteiger partial charge in [-0.15, -0.1) is 0 Å². The van der Waals surface area contributed by atoms with Crippen molar-refractivity contribution in [1.82, 2.24) is 0 Å². The van der Waals surface area contributed by atoms with Gasteiger partial charge in [0.25, 0.3) is 0 Å². The van der Waals surface area contributed by atoms with Crippen molar-refractivity contribution in [1.29, 1.82) is 0 Å². The molecule has 0 aromatic carbocycles. The van der Waals surface area contributed by atoms with Crippen LogP contribution in [0.2, 0.25) is 0 Å². The minimum Gasteiger partial charge on any atom is -0.321 e. The van der Waals surface area contributed by atoms with E-state index in [-0.39, 0.29) is 61.9 Å². The van der Waals surface area contributed by atoms with Crippen molar-refractivity contribution in [2.45, 2.75) is 89.1 Å². The van der Waals surface area contributed by atoms with E-state index in [0.29, 0.717) is 12.8 Å². The van der Waals surface area contributed by atoms with E-state index in [9.17, 15) is 27.2 Å². The van der Waals surface area contributed by atoms with Gasteiger partial charge in [0, 0.05) is 30.6 Å². The molecule has 160 valence electrons. The summed E-state index contributed by atoms with van der Waals surface area (Å²) < 4.78 is 51.1. The zero-order valence-corrected chi connectivity index (χ0v) is 16.2. The molecule has 2 atom stereocenters. The van der Waals surface area contributed by atoms with Crippen molar-refractivity contribution in [3.05, 3.63) is 10.4 Å². The fraction of sp³-hybridized carbons (Fsp3) is 0.889. The molecule has 0 radical (unpaired) electrons. The second-order valence-electron chi connectivity index (χ2n) is 7.78. The van der Waals surface area contributed by atoms with Gasteiger partial charge in [-0.2, -0.15) is 0 Å². The maximum atomic E-state index is 12.8. The quantitative estimate of drug-likeness (QED) is 0.305. The van der Waals surface area contributed by atoms with Gasteiger partial charge in [0.05, 0.1) is 12.1 Å². The van der Waals surface area contributed by atoms with Crippen LogP contribution in [0.1, 0.15) is 65.2 Å². The number of carbonyl (C=O) groups is 2. The second-order valence-corrected chi connectivity index (χ2v) is 7.78. The predicted molar refractivity (Wildman–Crippen MR) is 96.1 cm³/mol. The molecule has 2 aliphatic rings. The number of halogens is 4. The van der Waals surface area contributed by atoms with E-state index >= 15 is 0 Å². The van der Waals surface area contributed by atoms with Crippen LogP contribution < -0.4 is 5.73 Å². The lowest BCUT2D eigenvalue weighted by molar-refractivity contribution is -0.121. The Kier molecular flexibility index (Phi) is 8.88. The van der Waals surface area contributed by atoms with Crippen molar-refractivity contribution in [3.63, 3.8) is 0 Å². The Balaban J connectivity index is 0.000000283. The van der Waals surface area contributed by atoms with E-state index in [1.54, 1.807) is 0 Å². The minimum atomic E-state index is -2.62. The van der Waals surface area contributed by atoms with Gasteiger partial charge in [0.1, 0.15) is 11.6 Å². The molecule has 2 N–H and O–H groups in total. The number of hydrogen-bond donors (Lipinski definition) is 1. The molecule has 2 fully saturated rings. The second kappa shape index (κ2) is 10.2. The summed E-state index contributed by atoms with van der Waals surface area (Å²) in [6.07, 6.45) is 0.538. The van der Waals surface area contributed by atoms with E-state index in [2.05, 4.69) is 10.0 Å². The van der Waals surface area contributed by atoms with E-state index in [4.69, 9.17) is 11.3 Å². The van der Waals surface area contributed by atoms with E-state index in [1.165, 1.54) is 13.8 Å². The lowest BCUT2D eigenvalue weighted by Crippen LogP contribution is -2.40. The van der Waals surface area contributed by atoms with Gasteiger partial charge in [-0.05, 0) is 56.9 Å². The first-order valence-corrected chi connectivity index (χ1v) is 9.45. The number of ketones is 2. The standard InChI is InChI=1S/C9H13F2N3O.C9H15F2NO/c1-6(15)8(13-14-12)7-2-4-9(10,11)5-3-7;1-6(13)8(12)7-2-4-9(10,11)5-3-7/h7-8H,2-5H2,1H3;7-8H,2-5,12H2,1H3/t2*8-/m11/s1. The third kappa shape index (κ3) is 7.75. The molecule has 10 heteroatoms.